The third-order valence-electron chi connectivity index (χ3n) is 3.09. The maximum atomic E-state index is 10.5. The van der Waals surface area contributed by atoms with Gasteiger partial charge < -0.3 is 9.84 Å². The first-order valence-electron chi connectivity index (χ1n) is 6.08. The number of rotatable bonds is 7. The molecule has 1 aromatic rings. The summed E-state index contributed by atoms with van der Waals surface area (Å²) in [5, 5.41) is 8.67. The Morgan fingerprint density at radius 1 is 1.50 bits per heavy atom. The number of benzene rings is 1. The van der Waals surface area contributed by atoms with Crippen molar-refractivity contribution in [2.45, 2.75) is 32.4 Å². The molecule has 0 heterocycles. The number of carboxylic acid groups (broad SMARTS) is 1. The van der Waals surface area contributed by atoms with Gasteiger partial charge in [0.2, 0.25) is 0 Å². The molecule has 4 heteroatoms. The Morgan fingerprint density at radius 2 is 2.22 bits per heavy atom. The van der Waals surface area contributed by atoms with Crippen LogP contribution >= 0.6 is 0 Å². The molecule has 0 saturated heterocycles. The molecule has 0 aromatic heterocycles. The Morgan fingerprint density at radius 3 is 2.83 bits per heavy atom. The second kappa shape index (κ2) is 7.01. The van der Waals surface area contributed by atoms with Crippen LogP contribution < -0.4 is 4.74 Å². The Hall–Kier alpha value is -1.55. The standard InChI is InChI=1S/C14H21NO3/c1-11(7-8-14(16)17)15(2)10-12-5-4-6-13(9-12)18-3/h4-6,9,11H,7-8,10H2,1-3H3,(H,16,17). The molecule has 0 saturated carbocycles. The second-order valence-corrected chi connectivity index (χ2v) is 4.55. The molecule has 1 rings (SSSR count). The average Bonchev–Trinajstić information content (AvgIpc) is 2.36. The van der Waals surface area contributed by atoms with Crippen LogP contribution in [0.15, 0.2) is 24.3 Å². The first-order chi connectivity index (χ1) is 8.52. The lowest BCUT2D eigenvalue weighted by atomic mass is 10.1. The second-order valence-electron chi connectivity index (χ2n) is 4.55. The maximum absolute atomic E-state index is 10.5. The highest BCUT2D eigenvalue weighted by Gasteiger charge is 2.11. The minimum absolute atomic E-state index is 0.212. The van der Waals surface area contributed by atoms with E-state index in [4.69, 9.17) is 9.84 Å². The molecular weight excluding hydrogens is 230 g/mol. The number of hydrogen-bond donors (Lipinski definition) is 1. The summed E-state index contributed by atoms with van der Waals surface area (Å²) in [6.07, 6.45) is 0.874. The molecule has 0 aliphatic rings. The van der Waals surface area contributed by atoms with Crippen molar-refractivity contribution in [3.8, 4) is 5.75 Å². The largest absolute Gasteiger partial charge is 0.497 e. The molecule has 1 atom stereocenters. The van der Waals surface area contributed by atoms with Gasteiger partial charge in [-0.05, 0) is 38.1 Å². The van der Waals surface area contributed by atoms with Crippen molar-refractivity contribution in [2.75, 3.05) is 14.2 Å². The zero-order valence-electron chi connectivity index (χ0n) is 11.2. The van der Waals surface area contributed by atoms with E-state index in [1.54, 1.807) is 7.11 Å². The number of nitrogens with zero attached hydrogens (tertiary/aromatic N) is 1. The van der Waals surface area contributed by atoms with Crippen LogP contribution in [0, 0.1) is 0 Å². The first kappa shape index (κ1) is 14.5. The van der Waals surface area contributed by atoms with Crippen molar-refractivity contribution in [3.63, 3.8) is 0 Å². The van der Waals surface area contributed by atoms with Crippen molar-refractivity contribution < 1.29 is 14.6 Å². The van der Waals surface area contributed by atoms with E-state index in [0.29, 0.717) is 6.42 Å². The fourth-order valence-corrected chi connectivity index (χ4v) is 1.77. The van der Waals surface area contributed by atoms with Gasteiger partial charge in [0, 0.05) is 19.0 Å². The Balaban J connectivity index is 2.52. The minimum atomic E-state index is -0.739. The van der Waals surface area contributed by atoms with Gasteiger partial charge in [0.05, 0.1) is 7.11 Å². The monoisotopic (exact) mass is 251 g/mol. The molecule has 0 aliphatic carbocycles. The predicted molar refractivity (Wildman–Crippen MR) is 70.8 cm³/mol. The molecule has 0 radical (unpaired) electrons. The highest BCUT2D eigenvalue weighted by molar-refractivity contribution is 5.66. The van der Waals surface area contributed by atoms with Crippen LogP contribution in [0.4, 0.5) is 0 Å². The van der Waals surface area contributed by atoms with Gasteiger partial charge in [-0.15, -0.1) is 0 Å². The molecule has 0 bridgehead atoms. The van der Waals surface area contributed by atoms with Crippen molar-refractivity contribution >= 4 is 5.97 Å². The summed E-state index contributed by atoms with van der Waals surface area (Å²) in [5.74, 6) is 0.107. The van der Waals surface area contributed by atoms with Crippen LogP contribution in [0.3, 0.4) is 0 Å². The Kier molecular flexibility index (Phi) is 5.65. The summed E-state index contributed by atoms with van der Waals surface area (Å²) in [5.41, 5.74) is 1.17. The third-order valence-corrected chi connectivity index (χ3v) is 3.09. The molecule has 0 fully saturated rings. The van der Waals surface area contributed by atoms with Crippen LogP contribution in [0.2, 0.25) is 0 Å². The van der Waals surface area contributed by atoms with Gasteiger partial charge >= 0.3 is 5.97 Å². The van der Waals surface area contributed by atoms with Gasteiger partial charge in [-0.3, -0.25) is 9.69 Å². The quantitative estimate of drug-likeness (QED) is 0.808. The molecule has 0 amide bonds. The highest BCUT2D eigenvalue weighted by Crippen LogP contribution is 2.15. The van der Waals surface area contributed by atoms with Crippen LogP contribution in [0.1, 0.15) is 25.3 Å². The summed E-state index contributed by atoms with van der Waals surface area (Å²) in [7, 11) is 3.66. The van der Waals surface area contributed by atoms with Crippen LogP contribution in [-0.2, 0) is 11.3 Å². The zero-order chi connectivity index (χ0) is 13.5. The number of methoxy groups -OCH3 is 1. The van der Waals surface area contributed by atoms with Crippen molar-refractivity contribution in [1.29, 1.82) is 0 Å². The summed E-state index contributed by atoms with van der Waals surface area (Å²) >= 11 is 0. The maximum Gasteiger partial charge on any atom is 0.303 e. The van der Waals surface area contributed by atoms with Gasteiger partial charge in [0.1, 0.15) is 5.75 Å². The van der Waals surface area contributed by atoms with Gasteiger partial charge in [0.15, 0.2) is 0 Å². The van der Waals surface area contributed by atoms with Gasteiger partial charge in [-0.25, -0.2) is 0 Å². The Labute approximate surface area is 108 Å². The fourth-order valence-electron chi connectivity index (χ4n) is 1.77. The molecule has 0 spiro atoms. The number of carboxylic acids is 1. The van der Waals surface area contributed by atoms with Gasteiger partial charge in [-0.1, -0.05) is 12.1 Å². The van der Waals surface area contributed by atoms with Gasteiger partial charge in [0.25, 0.3) is 0 Å². The number of aliphatic carboxylic acids is 1. The molecule has 0 aliphatic heterocycles. The van der Waals surface area contributed by atoms with E-state index in [0.717, 1.165) is 12.3 Å². The van der Waals surface area contributed by atoms with Crippen LogP contribution in [0.25, 0.3) is 0 Å². The summed E-state index contributed by atoms with van der Waals surface area (Å²) in [6, 6.07) is 8.16. The summed E-state index contributed by atoms with van der Waals surface area (Å²) in [4.78, 5) is 12.7. The summed E-state index contributed by atoms with van der Waals surface area (Å²) < 4.78 is 5.18. The molecule has 18 heavy (non-hydrogen) atoms. The predicted octanol–water partition coefficient (Wildman–Crippen LogP) is 2.38. The third kappa shape index (κ3) is 4.75. The molecule has 4 nitrogen and oxygen atoms in total. The average molecular weight is 251 g/mol. The van der Waals surface area contributed by atoms with E-state index in [-0.39, 0.29) is 12.5 Å². The lowest BCUT2D eigenvalue weighted by Gasteiger charge is -2.24. The van der Waals surface area contributed by atoms with Crippen LogP contribution in [0.5, 0.6) is 5.75 Å². The van der Waals surface area contributed by atoms with E-state index in [1.807, 2.05) is 38.2 Å². The smallest absolute Gasteiger partial charge is 0.303 e. The van der Waals surface area contributed by atoms with E-state index in [9.17, 15) is 4.79 Å². The van der Waals surface area contributed by atoms with E-state index < -0.39 is 5.97 Å². The van der Waals surface area contributed by atoms with Crippen molar-refractivity contribution in [1.82, 2.24) is 4.90 Å². The number of hydrogen-bond acceptors (Lipinski definition) is 3. The zero-order valence-corrected chi connectivity index (χ0v) is 11.2. The summed E-state index contributed by atoms with van der Waals surface area (Å²) in [6.45, 7) is 2.83. The SMILES string of the molecule is COc1cccc(CN(C)C(C)CCC(=O)O)c1. The minimum Gasteiger partial charge on any atom is -0.497 e. The Bertz CT molecular complexity index is 392. The van der Waals surface area contributed by atoms with Gasteiger partial charge in [-0.2, -0.15) is 0 Å². The molecule has 1 unspecified atom stereocenters. The van der Waals surface area contributed by atoms with Crippen molar-refractivity contribution in [2.24, 2.45) is 0 Å². The lowest BCUT2D eigenvalue weighted by Crippen LogP contribution is -2.29. The van der Waals surface area contributed by atoms with E-state index in [2.05, 4.69) is 4.90 Å². The topological polar surface area (TPSA) is 49.8 Å². The molecule has 1 N–H and O–H groups in total. The van der Waals surface area contributed by atoms with Crippen LogP contribution in [-0.4, -0.2) is 36.2 Å². The fraction of sp³-hybridized carbons (Fsp3) is 0.500. The van der Waals surface area contributed by atoms with Crippen molar-refractivity contribution in [3.05, 3.63) is 29.8 Å². The molecule has 100 valence electrons. The van der Waals surface area contributed by atoms with E-state index >= 15 is 0 Å². The highest BCUT2D eigenvalue weighted by atomic mass is 16.5. The van der Waals surface area contributed by atoms with E-state index in [1.165, 1.54) is 5.56 Å². The molecular formula is C14H21NO3. The number of ether oxygens (including phenoxy) is 1. The molecule has 1 aromatic carbocycles. The first-order valence-corrected chi connectivity index (χ1v) is 6.08. The number of carbonyl (C=O) groups is 1. The lowest BCUT2D eigenvalue weighted by molar-refractivity contribution is -0.137. The normalized spacial score (nSPS) is 12.4.